The van der Waals surface area contributed by atoms with E-state index in [9.17, 15) is 26.4 Å². The second kappa shape index (κ2) is 27.0. The van der Waals surface area contributed by atoms with Gasteiger partial charge in [-0.2, -0.15) is 21.1 Å². The Hall–Kier alpha value is -8.23. The van der Waals surface area contributed by atoms with E-state index in [1.165, 1.54) is 93.2 Å². The summed E-state index contributed by atoms with van der Waals surface area (Å²) in [6.07, 6.45) is 11.3. The lowest BCUT2D eigenvalue weighted by molar-refractivity contribution is 0.385. The summed E-state index contributed by atoms with van der Waals surface area (Å²) in [7, 11) is -3.07. The van der Waals surface area contributed by atoms with Crippen LogP contribution in [0.1, 0.15) is 52.0 Å². The van der Waals surface area contributed by atoms with Gasteiger partial charge in [-0.15, -0.1) is 22.7 Å². The maximum Gasteiger partial charge on any atom is 0.333 e. The number of hydrogen-bond donors (Lipinski definition) is 1. The lowest BCUT2D eigenvalue weighted by atomic mass is 9.95. The van der Waals surface area contributed by atoms with Gasteiger partial charge in [0, 0.05) is 112 Å². The molecule has 0 saturated heterocycles. The first-order valence-electron chi connectivity index (χ1n) is 27.3. The van der Waals surface area contributed by atoms with Crippen LogP contribution in [0.25, 0.3) is 33.6 Å². The average Bonchev–Trinajstić information content (AvgIpc) is 1.19. The van der Waals surface area contributed by atoms with Crippen molar-refractivity contribution in [1.82, 2.24) is 32.4 Å². The predicted octanol–water partition coefficient (Wildman–Crippen LogP) is 12.4. The third kappa shape index (κ3) is 13.6. The summed E-state index contributed by atoms with van der Waals surface area (Å²) in [5.41, 5.74) is 8.03. The van der Waals surface area contributed by atoms with Crippen LogP contribution in [0, 0.1) is 25.5 Å². The van der Waals surface area contributed by atoms with Crippen molar-refractivity contribution in [2.45, 2.75) is 59.0 Å². The van der Waals surface area contributed by atoms with Gasteiger partial charge in [-0.25, -0.2) is 36.7 Å². The zero-order chi connectivity index (χ0) is 62.4. The van der Waals surface area contributed by atoms with Crippen molar-refractivity contribution in [3.8, 4) is 50.9 Å². The lowest BCUT2D eigenvalue weighted by Crippen LogP contribution is -2.41. The Labute approximate surface area is 524 Å². The van der Waals surface area contributed by atoms with Crippen LogP contribution in [0.15, 0.2) is 161 Å². The number of nitrogens with zero attached hydrogens (tertiary/aromatic N) is 8. The fraction of sp³-hybridized carbons (Fsp3) is 0.210. The first-order chi connectivity index (χ1) is 42.3. The Morgan fingerprint density at radius 2 is 1.22 bits per heavy atom. The van der Waals surface area contributed by atoms with E-state index in [2.05, 4.69) is 19.7 Å². The molecule has 10 aromatic rings. The summed E-state index contributed by atoms with van der Waals surface area (Å²) in [4.78, 5) is 37.6. The van der Waals surface area contributed by atoms with Crippen molar-refractivity contribution in [2.24, 2.45) is 0 Å². The van der Waals surface area contributed by atoms with Crippen molar-refractivity contribution in [3.63, 3.8) is 0 Å². The van der Waals surface area contributed by atoms with Crippen LogP contribution in [-0.2, 0) is 52.8 Å². The van der Waals surface area contributed by atoms with Crippen molar-refractivity contribution in [2.75, 3.05) is 36.9 Å². The first-order valence-corrected chi connectivity index (χ1v) is 32.6. The van der Waals surface area contributed by atoms with Crippen molar-refractivity contribution >= 4 is 76.6 Å². The molecule has 5 aromatic heterocycles. The number of imidazole rings is 1. The zero-order valence-electron chi connectivity index (χ0n) is 48.0. The molecule has 0 atom stereocenters. The summed E-state index contributed by atoms with van der Waals surface area (Å²) in [5, 5.41) is 5.29. The van der Waals surface area contributed by atoms with Gasteiger partial charge >= 0.3 is 20.4 Å². The van der Waals surface area contributed by atoms with Gasteiger partial charge in [0.1, 0.15) is 35.2 Å². The molecule has 0 bridgehead atoms. The Balaban J connectivity index is 0.000000150. The fourth-order valence-electron chi connectivity index (χ4n) is 10.3. The van der Waals surface area contributed by atoms with E-state index in [0.29, 0.717) is 71.6 Å². The number of rotatable bonds is 15. The van der Waals surface area contributed by atoms with E-state index in [4.69, 9.17) is 37.4 Å². The van der Waals surface area contributed by atoms with Crippen LogP contribution in [0.2, 0.25) is 10.0 Å². The minimum atomic E-state index is -3.85. The van der Waals surface area contributed by atoms with Crippen LogP contribution >= 0.6 is 45.9 Å². The zero-order valence-corrected chi connectivity index (χ0v) is 52.8. The molecule has 2 aliphatic rings. The minimum Gasteiger partial charge on any atom is -0.497 e. The number of hydrogen-bond acceptors (Lipinski definition) is 14. The Kier molecular flexibility index (Phi) is 19.3. The SMILES string of the molecule is COc1cc(-c2ccc(Cl)c(C)c2)c(F)cc1-n1c2c(ccc1=O)CCCC2.COc1cc(-c2ccc(Cl)c(C)c2)c(F)cc1-n1c2c(ccc1=O)CN(S(=O)(=O)Nc1nccs1)CC2.COc1ccc(CN(c2nccs2)S(=O)(=O)n2ccnc2)cc1. The van der Waals surface area contributed by atoms with Crippen LogP contribution < -0.4 is 34.4 Å². The molecule has 6 heterocycles. The number of nitrogens with one attached hydrogen (secondary N) is 1. The number of aromatic nitrogens is 6. The monoisotopic (exact) mass is 1310 g/mol. The molecule has 456 valence electrons. The summed E-state index contributed by atoms with van der Waals surface area (Å²) >= 11 is 14.7. The van der Waals surface area contributed by atoms with Gasteiger partial charge in [0.05, 0.1) is 39.2 Å². The number of fused-ring (bicyclic) bond motifs is 2. The number of methoxy groups -OCH3 is 3. The Morgan fingerprint density at radius 3 is 1.74 bits per heavy atom. The molecular weight excluding hydrogens is 1250 g/mol. The van der Waals surface area contributed by atoms with Gasteiger partial charge in [0.15, 0.2) is 5.13 Å². The van der Waals surface area contributed by atoms with E-state index in [-0.39, 0.29) is 48.0 Å². The quantitative estimate of drug-likeness (QED) is 0.102. The number of thiazole rings is 2. The first kappa shape index (κ1) is 62.8. The van der Waals surface area contributed by atoms with Crippen molar-refractivity contribution < 1.29 is 39.8 Å². The molecule has 1 aliphatic heterocycles. The van der Waals surface area contributed by atoms with Crippen LogP contribution in [0.3, 0.4) is 0 Å². The van der Waals surface area contributed by atoms with Gasteiger partial charge in [-0.1, -0.05) is 59.6 Å². The van der Waals surface area contributed by atoms with Gasteiger partial charge in [0.25, 0.3) is 11.1 Å². The number of pyridine rings is 2. The third-order valence-electron chi connectivity index (χ3n) is 14.7. The fourth-order valence-corrected chi connectivity index (χ4v) is 14.5. The summed E-state index contributed by atoms with van der Waals surface area (Å²) in [6.45, 7) is 4.05. The predicted molar refractivity (Wildman–Crippen MR) is 341 cm³/mol. The van der Waals surface area contributed by atoms with Crippen molar-refractivity contribution in [3.05, 3.63) is 233 Å². The highest BCUT2D eigenvalue weighted by Crippen LogP contribution is 2.38. The standard InChI is InChI=1S/C25H22ClFN4O4S2.C23H21ClFNO2.C14H14N4O3S2/c1-15-11-16(3-5-19(15)26)18-12-23(35-2)22(13-20(18)27)31-21-7-9-30(14-17(21)4-6-24(31)32)37(33,34)29-25-28-8-10-36-25;1-14-11-16(7-9-18(14)24)17-12-22(28-2)21(13-19(17)25)26-20-6-4-3-5-15(20)8-10-23(26)27;1-21-13-4-2-12(3-5-13)10-18(14-16-7-9-22-14)23(19,20)17-8-6-15-11-17/h3-6,8,10-13H,7,9,14H2,1-2H3,(H,28,29);7-13H,3-6H2,1-2H3;2-9,11H,10H2,1H3. The maximum atomic E-state index is 15.4. The highest BCUT2D eigenvalue weighted by Gasteiger charge is 2.31. The van der Waals surface area contributed by atoms with Crippen LogP contribution in [0.4, 0.5) is 19.0 Å². The number of halogens is 4. The van der Waals surface area contributed by atoms with E-state index in [0.717, 1.165) is 57.6 Å². The van der Waals surface area contributed by atoms with Gasteiger partial charge in [-0.3, -0.25) is 18.7 Å². The van der Waals surface area contributed by atoms with E-state index in [1.807, 2.05) is 38.1 Å². The second-order valence-corrected chi connectivity index (χ2v) is 26.2. The van der Waals surface area contributed by atoms with Gasteiger partial charge in [-0.05, 0) is 127 Å². The highest BCUT2D eigenvalue weighted by molar-refractivity contribution is 7.91. The number of ether oxygens (including phenoxy) is 3. The molecule has 0 amide bonds. The molecule has 1 aliphatic carbocycles. The Bertz CT molecular complexity index is 4520. The molecule has 26 heteroatoms. The van der Waals surface area contributed by atoms with E-state index >= 15 is 8.78 Å². The molecule has 5 aromatic carbocycles. The number of anilines is 2. The summed E-state index contributed by atoms with van der Waals surface area (Å²) in [5.74, 6) is 0.546. The second-order valence-electron chi connectivity index (χ2n) is 20.2. The number of aryl methyl sites for hydroxylation is 3. The topological polar surface area (TPSA) is 202 Å². The Morgan fingerprint density at radius 1 is 0.648 bits per heavy atom. The van der Waals surface area contributed by atoms with Crippen LogP contribution in [0.5, 0.6) is 17.2 Å². The minimum absolute atomic E-state index is 0.0449. The smallest absolute Gasteiger partial charge is 0.333 e. The molecular formula is C62H57Cl2F2N9O9S4. The molecule has 0 saturated carbocycles. The molecule has 1 N–H and O–H groups in total. The average molecular weight is 1310 g/mol. The lowest BCUT2D eigenvalue weighted by Gasteiger charge is -2.30. The molecule has 0 radical (unpaired) electrons. The van der Waals surface area contributed by atoms with Gasteiger partial charge < -0.3 is 14.2 Å². The number of benzene rings is 5. The summed E-state index contributed by atoms with van der Waals surface area (Å²) < 4.78 is 107. The molecule has 0 spiro atoms. The third-order valence-corrected chi connectivity index (χ3v) is 20.3. The van der Waals surface area contributed by atoms with E-state index in [1.54, 1.807) is 95.4 Å². The molecule has 0 fully saturated rings. The highest BCUT2D eigenvalue weighted by atomic mass is 35.5. The molecule has 88 heavy (non-hydrogen) atoms. The van der Waals surface area contributed by atoms with E-state index < -0.39 is 32.1 Å². The summed E-state index contributed by atoms with van der Waals surface area (Å²) in [6, 6.07) is 30.1. The normalized spacial score (nSPS) is 13.0. The molecule has 0 unspecified atom stereocenters. The maximum absolute atomic E-state index is 15.4. The largest absolute Gasteiger partial charge is 0.497 e. The molecule has 12 rings (SSSR count). The molecule has 18 nitrogen and oxygen atoms in total. The van der Waals surface area contributed by atoms with Gasteiger partial charge in [0.2, 0.25) is 5.13 Å². The van der Waals surface area contributed by atoms with Crippen LogP contribution in [-0.4, -0.2) is 77.1 Å². The van der Waals surface area contributed by atoms with Crippen molar-refractivity contribution in [1.29, 1.82) is 0 Å².